The minimum absolute atomic E-state index is 0.0272. The Morgan fingerprint density at radius 2 is 2.05 bits per heavy atom. The van der Waals surface area contributed by atoms with Gasteiger partial charge in [-0.3, -0.25) is 9.69 Å². The van der Waals surface area contributed by atoms with Crippen molar-refractivity contribution in [2.24, 2.45) is 0 Å². The number of rotatable bonds is 4. The standard InChI is InChI=1S/C14H21N4O/c1-17(2)6-7-18(3)13-8-10-4-5-11(15)9-12(10)16-14(13)19/h4-5,9,13,15H,6-8H2,1-3H3,(H,16,19). The molecule has 1 unspecified atom stereocenters. The van der Waals surface area contributed by atoms with Gasteiger partial charge in [0.25, 0.3) is 0 Å². The van der Waals surface area contributed by atoms with Gasteiger partial charge in [0.2, 0.25) is 5.91 Å². The zero-order valence-electron chi connectivity index (χ0n) is 11.7. The molecule has 0 bridgehead atoms. The fourth-order valence-electron chi connectivity index (χ4n) is 2.26. The molecule has 1 heterocycles. The van der Waals surface area contributed by atoms with Crippen LogP contribution in [0.2, 0.25) is 0 Å². The van der Waals surface area contributed by atoms with E-state index < -0.39 is 0 Å². The van der Waals surface area contributed by atoms with Crippen LogP contribution in [0.5, 0.6) is 0 Å². The maximum atomic E-state index is 12.1. The van der Waals surface area contributed by atoms with Crippen LogP contribution < -0.4 is 11.1 Å². The van der Waals surface area contributed by atoms with Crippen molar-refractivity contribution in [3.63, 3.8) is 0 Å². The van der Waals surface area contributed by atoms with Crippen LogP contribution in [0.15, 0.2) is 18.2 Å². The van der Waals surface area contributed by atoms with Gasteiger partial charge in [0.05, 0.1) is 11.7 Å². The first-order valence-electron chi connectivity index (χ1n) is 6.47. The van der Waals surface area contributed by atoms with Gasteiger partial charge in [-0.2, -0.15) is 0 Å². The molecule has 0 spiro atoms. The molecule has 1 aliphatic heterocycles. The highest BCUT2D eigenvalue weighted by Gasteiger charge is 2.29. The first-order valence-corrected chi connectivity index (χ1v) is 6.47. The lowest BCUT2D eigenvalue weighted by atomic mass is 9.97. The van der Waals surface area contributed by atoms with Crippen LogP contribution in [-0.2, 0) is 11.2 Å². The number of benzene rings is 1. The number of carbonyl (C=O) groups is 1. The van der Waals surface area contributed by atoms with Crippen LogP contribution >= 0.6 is 0 Å². The molecular formula is C14H21N4O. The van der Waals surface area contributed by atoms with E-state index in [2.05, 4.69) is 15.1 Å². The van der Waals surface area contributed by atoms with E-state index in [4.69, 9.17) is 5.73 Å². The number of anilines is 1. The number of amides is 1. The molecule has 0 fully saturated rings. The maximum absolute atomic E-state index is 12.1. The summed E-state index contributed by atoms with van der Waals surface area (Å²) in [6.45, 7) is 1.79. The Labute approximate surface area is 114 Å². The quantitative estimate of drug-likeness (QED) is 0.878. The molecule has 2 N–H and O–H groups in total. The van der Waals surface area contributed by atoms with Crippen LogP contribution in [0.25, 0.3) is 0 Å². The molecule has 5 heteroatoms. The fourth-order valence-corrected chi connectivity index (χ4v) is 2.26. The largest absolute Gasteiger partial charge is 0.324 e. The predicted molar refractivity (Wildman–Crippen MR) is 76.5 cm³/mol. The SMILES string of the molecule is CN(C)CCN(C)C1Cc2ccc([NH])cc2NC1=O. The van der Waals surface area contributed by atoms with Crippen molar-refractivity contribution < 1.29 is 4.79 Å². The Hall–Kier alpha value is -1.59. The smallest absolute Gasteiger partial charge is 0.242 e. The zero-order chi connectivity index (χ0) is 14.0. The average Bonchev–Trinajstić information content (AvgIpc) is 2.35. The highest BCUT2D eigenvalue weighted by molar-refractivity contribution is 5.98. The molecule has 0 aromatic heterocycles. The molecule has 1 amide bonds. The maximum Gasteiger partial charge on any atom is 0.242 e. The Morgan fingerprint density at radius 3 is 2.74 bits per heavy atom. The van der Waals surface area contributed by atoms with Crippen molar-refractivity contribution in [3.05, 3.63) is 23.8 Å². The van der Waals surface area contributed by atoms with Crippen molar-refractivity contribution in [3.8, 4) is 0 Å². The lowest BCUT2D eigenvalue weighted by Gasteiger charge is -2.32. The molecule has 1 aromatic rings. The second-order valence-corrected chi connectivity index (χ2v) is 5.36. The minimum Gasteiger partial charge on any atom is -0.324 e. The molecule has 1 aromatic carbocycles. The monoisotopic (exact) mass is 261 g/mol. The second kappa shape index (κ2) is 5.59. The third-order valence-electron chi connectivity index (χ3n) is 3.52. The first-order chi connectivity index (χ1) is 8.97. The average molecular weight is 261 g/mol. The van der Waals surface area contributed by atoms with Crippen molar-refractivity contribution in [2.45, 2.75) is 12.5 Å². The molecule has 103 valence electrons. The third-order valence-corrected chi connectivity index (χ3v) is 3.52. The van der Waals surface area contributed by atoms with E-state index >= 15 is 0 Å². The van der Waals surface area contributed by atoms with Gasteiger partial charge in [0.1, 0.15) is 0 Å². The van der Waals surface area contributed by atoms with Gasteiger partial charge in [-0.15, -0.1) is 0 Å². The molecule has 0 saturated heterocycles. The van der Waals surface area contributed by atoms with E-state index in [9.17, 15) is 4.79 Å². The molecular weight excluding hydrogens is 240 g/mol. The summed E-state index contributed by atoms with van der Waals surface area (Å²) in [6, 6.07) is 5.30. The Morgan fingerprint density at radius 1 is 1.32 bits per heavy atom. The van der Waals surface area contributed by atoms with Gasteiger partial charge >= 0.3 is 0 Å². The number of nitrogens with one attached hydrogen (secondary N) is 2. The number of hydrogen-bond acceptors (Lipinski definition) is 3. The molecule has 0 saturated carbocycles. The number of hydrogen-bond donors (Lipinski definition) is 1. The van der Waals surface area contributed by atoms with E-state index in [1.165, 1.54) is 0 Å². The minimum atomic E-state index is -0.121. The molecule has 1 radical (unpaired) electrons. The summed E-state index contributed by atoms with van der Waals surface area (Å²) in [7, 11) is 6.04. The van der Waals surface area contributed by atoms with Gasteiger partial charge < -0.3 is 16.0 Å². The molecule has 2 rings (SSSR count). The van der Waals surface area contributed by atoms with E-state index in [0.29, 0.717) is 12.1 Å². The van der Waals surface area contributed by atoms with Crippen LogP contribution in [-0.4, -0.2) is 56.0 Å². The molecule has 1 atom stereocenters. The van der Waals surface area contributed by atoms with Crippen molar-refractivity contribution in [2.75, 3.05) is 39.5 Å². The van der Waals surface area contributed by atoms with Crippen LogP contribution in [0.3, 0.4) is 0 Å². The van der Waals surface area contributed by atoms with E-state index in [1.807, 2.05) is 27.2 Å². The van der Waals surface area contributed by atoms with Gasteiger partial charge in [-0.1, -0.05) is 6.07 Å². The highest BCUT2D eigenvalue weighted by Crippen LogP contribution is 2.26. The number of nitrogens with zero attached hydrogens (tertiary/aromatic N) is 2. The molecule has 1 aliphatic rings. The van der Waals surface area contributed by atoms with E-state index in [-0.39, 0.29) is 11.9 Å². The van der Waals surface area contributed by atoms with Crippen LogP contribution in [0, 0.1) is 0 Å². The summed E-state index contributed by atoms with van der Waals surface area (Å²) in [4.78, 5) is 16.3. The summed E-state index contributed by atoms with van der Waals surface area (Å²) in [5.41, 5.74) is 9.91. The first kappa shape index (κ1) is 13.8. The van der Waals surface area contributed by atoms with Crippen molar-refractivity contribution >= 4 is 17.3 Å². The Balaban J connectivity index is 2.08. The van der Waals surface area contributed by atoms with Gasteiger partial charge in [-0.05, 0) is 45.3 Å². The summed E-state index contributed by atoms with van der Waals surface area (Å²) < 4.78 is 0. The topological polar surface area (TPSA) is 59.4 Å². The highest BCUT2D eigenvalue weighted by atomic mass is 16.2. The Bertz CT molecular complexity index is 473. The van der Waals surface area contributed by atoms with Crippen molar-refractivity contribution in [1.82, 2.24) is 15.5 Å². The Kier molecular flexibility index (Phi) is 4.07. The lowest BCUT2D eigenvalue weighted by Crippen LogP contribution is -2.47. The summed E-state index contributed by atoms with van der Waals surface area (Å²) in [5.74, 6) is 0.0272. The molecule has 19 heavy (non-hydrogen) atoms. The number of carbonyl (C=O) groups excluding carboxylic acids is 1. The second-order valence-electron chi connectivity index (χ2n) is 5.36. The van der Waals surface area contributed by atoms with Gasteiger partial charge in [0.15, 0.2) is 0 Å². The lowest BCUT2D eigenvalue weighted by molar-refractivity contribution is -0.121. The number of likely N-dealkylation sites (N-methyl/N-ethyl adjacent to an activating group) is 2. The van der Waals surface area contributed by atoms with E-state index in [0.717, 1.165) is 24.3 Å². The van der Waals surface area contributed by atoms with Gasteiger partial charge in [-0.25, -0.2) is 0 Å². The van der Waals surface area contributed by atoms with E-state index in [1.54, 1.807) is 12.1 Å². The molecule has 5 nitrogen and oxygen atoms in total. The third kappa shape index (κ3) is 3.24. The van der Waals surface area contributed by atoms with Crippen LogP contribution in [0.4, 0.5) is 11.4 Å². The molecule has 0 aliphatic carbocycles. The van der Waals surface area contributed by atoms with Gasteiger partial charge in [0, 0.05) is 18.8 Å². The predicted octanol–water partition coefficient (Wildman–Crippen LogP) is 0.958. The number of fused-ring (bicyclic) bond motifs is 1. The summed E-state index contributed by atoms with van der Waals surface area (Å²) >= 11 is 0. The van der Waals surface area contributed by atoms with Crippen LogP contribution in [0.1, 0.15) is 5.56 Å². The zero-order valence-corrected chi connectivity index (χ0v) is 11.7. The fraction of sp³-hybridized carbons (Fsp3) is 0.500. The summed E-state index contributed by atoms with van der Waals surface area (Å²) in [6.07, 6.45) is 0.714. The van der Waals surface area contributed by atoms with Crippen molar-refractivity contribution in [1.29, 1.82) is 0 Å². The summed E-state index contributed by atoms with van der Waals surface area (Å²) in [5, 5.41) is 2.91. The normalized spacial score (nSPS) is 18.6.